The molecule has 0 spiro atoms. The highest BCUT2D eigenvalue weighted by Gasteiger charge is 2.29. The third-order valence-electron chi connectivity index (χ3n) is 3.40. The van der Waals surface area contributed by atoms with E-state index in [4.69, 9.17) is 4.74 Å². The number of hydrogen-bond acceptors (Lipinski definition) is 2. The second kappa shape index (κ2) is 7.62. The molecule has 1 atom stereocenters. The van der Waals surface area contributed by atoms with Gasteiger partial charge in [-0.15, -0.1) is 0 Å². The zero-order valence-corrected chi connectivity index (χ0v) is 12.4. The van der Waals surface area contributed by atoms with Gasteiger partial charge in [-0.25, -0.2) is 0 Å². The fourth-order valence-corrected chi connectivity index (χ4v) is 2.18. The minimum atomic E-state index is -0.0183. The van der Waals surface area contributed by atoms with Gasteiger partial charge in [0.2, 0.25) is 0 Å². The van der Waals surface area contributed by atoms with E-state index in [-0.39, 0.29) is 5.60 Å². The first-order chi connectivity index (χ1) is 8.56. The maximum Gasteiger partial charge on any atom is 0.191 e. The molecule has 0 aromatic rings. The Morgan fingerprint density at radius 3 is 2.72 bits per heavy atom. The van der Waals surface area contributed by atoms with E-state index in [9.17, 15) is 0 Å². The van der Waals surface area contributed by atoms with E-state index >= 15 is 0 Å². The van der Waals surface area contributed by atoms with Crippen molar-refractivity contribution in [2.45, 2.75) is 52.1 Å². The summed E-state index contributed by atoms with van der Waals surface area (Å²) < 4.78 is 5.75. The van der Waals surface area contributed by atoms with Gasteiger partial charge >= 0.3 is 0 Å². The van der Waals surface area contributed by atoms with E-state index < -0.39 is 0 Å². The lowest BCUT2D eigenvalue weighted by Gasteiger charge is -2.24. The van der Waals surface area contributed by atoms with Crippen LogP contribution in [0.3, 0.4) is 0 Å². The van der Waals surface area contributed by atoms with Crippen molar-refractivity contribution in [3.8, 4) is 0 Å². The maximum atomic E-state index is 5.75. The van der Waals surface area contributed by atoms with Gasteiger partial charge in [-0.1, -0.05) is 13.8 Å². The quantitative estimate of drug-likeness (QED) is 0.434. The average Bonchev–Trinajstić information content (AvgIpc) is 2.75. The second-order valence-corrected chi connectivity index (χ2v) is 5.79. The molecule has 1 rings (SSSR count). The summed E-state index contributed by atoms with van der Waals surface area (Å²) >= 11 is 0. The standard InChI is InChI=1S/C14H29N3O/c1-12(2)7-5-9-16-13(15-4)17-11-14(3)8-6-10-18-14/h12H,5-11H2,1-4H3,(H2,15,16,17). The minimum Gasteiger partial charge on any atom is -0.373 e. The highest BCUT2D eigenvalue weighted by atomic mass is 16.5. The van der Waals surface area contributed by atoms with Crippen LogP contribution in [0.4, 0.5) is 0 Å². The monoisotopic (exact) mass is 255 g/mol. The molecule has 4 heteroatoms. The molecule has 0 aliphatic carbocycles. The van der Waals surface area contributed by atoms with Crippen LogP contribution in [0.25, 0.3) is 0 Å². The minimum absolute atomic E-state index is 0.0183. The number of guanidine groups is 1. The summed E-state index contributed by atoms with van der Waals surface area (Å²) in [5.41, 5.74) is -0.0183. The first kappa shape index (κ1) is 15.3. The lowest BCUT2D eigenvalue weighted by atomic mass is 10.0. The molecular formula is C14H29N3O. The van der Waals surface area contributed by atoms with Crippen LogP contribution in [0, 0.1) is 5.92 Å². The van der Waals surface area contributed by atoms with Crippen LogP contribution in [0.5, 0.6) is 0 Å². The highest BCUT2D eigenvalue weighted by Crippen LogP contribution is 2.23. The van der Waals surface area contributed by atoms with Gasteiger partial charge in [0.25, 0.3) is 0 Å². The molecule has 0 radical (unpaired) electrons. The fraction of sp³-hybridized carbons (Fsp3) is 0.929. The Kier molecular flexibility index (Phi) is 6.47. The largest absolute Gasteiger partial charge is 0.373 e. The van der Waals surface area contributed by atoms with E-state index in [0.717, 1.165) is 38.0 Å². The smallest absolute Gasteiger partial charge is 0.191 e. The van der Waals surface area contributed by atoms with Crippen molar-refractivity contribution < 1.29 is 4.74 Å². The maximum absolute atomic E-state index is 5.75. The van der Waals surface area contributed by atoms with Crippen LogP contribution in [0.1, 0.15) is 46.5 Å². The van der Waals surface area contributed by atoms with E-state index in [2.05, 4.69) is 36.4 Å². The first-order valence-corrected chi connectivity index (χ1v) is 7.14. The Labute approximate surface area is 112 Å². The van der Waals surface area contributed by atoms with Crippen molar-refractivity contribution in [3.63, 3.8) is 0 Å². The Morgan fingerprint density at radius 2 is 2.17 bits per heavy atom. The Morgan fingerprint density at radius 1 is 1.39 bits per heavy atom. The molecule has 0 aromatic heterocycles. The van der Waals surface area contributed by atoms with Crippen LogP contribution in [0.15, 0.2) is 4.99 Å². The summed E-state index contributed by atoms with van der Waals surface area (Å²) in [5.74, 6) is 1.66. The molecule has 0 saturated carbocycles. The number of ether oxygens (including phenoxy) is 1. The topological polar surface area (TPSA) is 45.7 Å². The molecule has 1 saturated heterocycles. The molecule has 18 heavy (non-hydrogen) atoms. The van der Waals surface area contributed by atoms with Crippen LogP contribution < -0.4 is 10.6 Å². The van der Waals surface area contributed by atoms with Gasteiger partial charge in [0.05, 0.1) is 5.60 Å². The summed E-state index contributed by atoms with van der Waals surface area (Å²) in [6.45, 7) is 9.38. The van der Waals surface area contributed by atoms with Gasteiger partial charge in [-0.05, 0) is 38.5 Å². The molecule has 1 aliphatic rings. The Balaban J connectivity index is 2.17. The van der Waals surface area contributed by atoms with Gasteiger partial charge in [0.15, 0.2) is 5.96 Å². The molecule has 1 unspecified atom stereocenters. The second-order valence-electron chi connectivity index (χ2n) is 5.79. The molecule has 1 fully saturated rings. The van der Waals surface area contributed by atoms with Gasteiger partial charge in [-0.3, -0.25) is 4.99 Å². The number of nitrogens with one attached hydrogen (secondary N) is 2. The number of hydrogen-bond donors (Lipinski definition) is 2. The lowest BCUT2D eigenvalue weighted by Crippen LogP contribution is -2.45. The predicted molar refractivity (Wildman–Crippen MR) is 77.0 cm³/mol. The average molecular weight is 255 g/mol. The third kappa shape index (κ3) is 5.71. The molecule has 4 nitrogen and oxygen atoms in total. The lowest BCUT2D eigenvalue weighted by molar-refractivity contribution is 0.0243. The van der Waals surface area contributed by atoms with Gasteiger partial charge in [-0.2, -0.15) is 0 Å². The number of nitrogens with zero attached hydrogens (tertiary/aromatic N) is 1. The van der Waals surface area contributed by atoms with Gasteiger partial charge in [0, 0.05) is 26.7 Å². The molecule has 0 bridgehead atoms. The molecular weight excluding hydrogens is 226 g/mol. The summed E-state index contributed by atoms with van der Waals surface area (Å²) in [7, 11) is 1.82. The molecule has 1 aliphatic heterocycles. The van der Waals surface area contributed by atoms with Crippen molar-refractivity contribution >= 4 is 5.96 Å². The zero-order chi connectivity index (χ0) is 13.4. The summed E-state index contributed by atoms with van der Waals surface area (Å²) in [6.07, 6.45) is 4.74. The molecule has 1 heterocycles. The Hall–Kier alpha value is -0.770. The molecule has 0 aromatic carbocycles. The van der Waals surface area contributed by atoms with E-state index in [0.29, 0.717) is 0 Å². The summed E-state index contributed by atoms with van der Waals surface area (Å²) in [6, 6.07) is 0. The van der Waals surface area contributed by atoms with Crippen LogP contribution in [0.2, 0.25) is 0 Å². The fourth-order valence-electron chi connectivity index (χ4n) is 2.18. The van der Waals surface area contributed by atoms with Crippen molar-refractivity contribution in [3.05, 3.63) is 0 Å². The van der Waals surface area contributed by atoms with Gasteiger partial charge in [0.1, 0.15) is 0 Å². The summed E-state index contributed by atoms with van der Waals surface area (Å²) in [4.78, 5) is 4.24. The van der Waals surface area contributed by atoms with Gasteiger partial charge < -0.3 is 15.4 Å². The highest BCUT2D eigenvalue weighted by molar-refractivity contribution is 5.79. The van der Waals surface area contributed by atoms with E-state index in [1.54, 1.807) is 0 Å². The van der Waals surface area contributed by atoms with Crippen molar-refractivity contribution in [2.75, 3.05) is 26.7 Å². The predicted octanol–water partition coefficient (Wildman–Crippen LogP) is 2.16. The summed E-state index contributed by atoms with van der Waals surface area (Å²) in [5, 5.41) is 6.70. The molecule has 0 amide bonds. The molecule has 2 N–H and O–H groups in total. The Bertz CT molecular complexity index is 258. The zero-order valence-electron chi connectivity index (χ0n) is 12.4. The number of rotatable bonds is 6. The number of aliphatic imine (C=N–C) groups is 1. The van der Waals surface area contributed by atoms with Crippen LogP contribution >= 0.6 is 0 Å². The first-order valence-electron chi connectivity index (χ1n) is 7.14. The van der Waals surface area contributed by atoms with Crippen molar-refractivity contribution in [1.29, 1.82) is 0 Å². The van der Waals surface area contributed by atoms with Crippen LogP contribution in [-0.2, 0) is 4.74 Å². The van der Waals surface area contributed by atoms with Crippen LogP contribution in [-0.4, -0.2) is 38.3 Å². The normalized spacial score (nSPS) is 24.6. The van der Waals surface area contributed by atoms with Crippen molar-refractivity contribution in [2.24, 2.45) is 10.9 Å². The van der Waals surface area contributed by atoms with E-state index in [1.165, 1.54) is 19.3 Å². The van der Waals surface area contributed by atoms with Crippen molar-refractivity contribution in [1.82, 2.24) is 10.6 Å². The SMILES string of the molecule is CN=C(NCCCC(C)C)NCC1(C)CCCO1. The van der Waals surface area contributed by atoms with E-state index in [1.807, 2.05) is 7.05 Å². The third-order valence-corrected chi connectivity index (χ3v) is 3.40. The molecule has 106 valence electrons.